The Morgan fingerprint density at radius 3 is 2.40 bits per heavy atom. The first kappa shape index (κ1) is 17.5. The number of ether oxygens (including phenoxy) is 1. The summed E-state index contributed by atoms with van der Waals surface area (Å²) < 4.78 is 6.20. The van der Waals surface area contributed by atoms with E-state index in [2.05, 4.69) is 46.0 Å². The third-order valence-corrected chi connectivity index (χ3v) is 4.52. The van der Waals surface area contributed by atoms with E-state index in [4.69, 9.17) is 4.74 Å². The quantitative estimate of drug-likeness (QED) is 0.803. The minimum absolute atomic E-state index is 0.122. The average Bonchev–Trinajstić information content (AvgIpc) is 2.32. The Labute approximate surface area is 125 Å². The van der Waals surface area contributed by atoms with Crippen LogP contribution in [0.15, 0.2) is 0 Å². The third kappa shape index (κ3) is 5.42. The van der Waals surface area contributed by atoms with Crippen molar-refractivity contribution in [2.75, 3.05) is 0 Å². The van der Waals surface area contributed by atoms with Gasteiger partial charge in [-0.05, 0) is 58.8 Å². The minimum Gasteiger partial charge on any atom is -0.375 e. The molecule has 0 heterocycles. The normalized spacial score (nSPS) is 31.6. The van der Waals surface area contributed by atoms with Crippen molar-refractivity contribution in [1.29, 1.82) is 5.26 Å². The van der Waals surface area contributed by atoms with Gasteiger partial charge in [0.05, 0.1) is 18.3 Å². The topological polar surface area (TPSA) is 45.0 Å². The molecule has 0 aliphatic heterocycles. The smallest absolute Gasteiger partial charge is 0.106 e. The summed E-state index contributed by atoms with van der Waals surface area (Å²) in [5.74, 6) is 1.56. The van der Waals surface area contributed by atoms with Crippen LogP contribution >= 0.6 is 0 Å². The van der Waals surface area contributed by atoms with E-state index in [0.717, 1.165) is 31.1 Å². The molecule has 0 aromatic rings. The maximum Gasteiger partial charge on any atom is 0.106 e. The fraction of sp³-hybridized carbons (Fsp3) is 0.941. The number of rotatable bonds is 6. The van der Waals surface area contributed by atoms with Gasteiger partial charge in [0.1, 0.15) is 5.54 Å². The first-order valence-corrected chi connectivity index (χ1v) is 8.10. The van der Waals surface area contributed by atoms with Crippen LogP contribution in [-0.4, -0.2) is 23.8 Å². The van der Waals surface area contributed by atoms with Gasteiger partial charge in [0.2, 0.25) is 0 Å². The standard InChI is InChI=1S/C17H32N2O/c1-12(2)19-17(6,11-18)10-15(5)20-16-8-7-13(3)14(4)9-16/h12-16,19H,7-10H2,1-6H3. The van der Waals surface area contributed by atoms with Gasteiger partial charge < -0.3 is 4.74 Å². The number of hydrogen-bond acceptors (Lipinski definition) is 3. The summed E-state index contributed by atoms with van der Waals surface area (Å²) in [4.78, 5) is 0. The molecule has 0 saturated heterocycles. The molecule has 1 aliphatic rings. The molecule has 1 fully saturated rings. The van der Waals surface area contributed by atoms with Gasteiger partial charge in [-0.15, -0.1) is 0 Å². The van der Waals surface area contributed by atoms with Gasteiger partial charge in [0.25, 0.3) is 0 Å². The second-order valence-electron chi connectivity index (χ2n) is 7.28. The Bertz CT molecular complexity index is 336. The lowest BCUT2D eigenvalue weighted by molar-refractivity contribution is -0.0483. The molecule has 0 bridgehead atoms. The van der Waals surface area contributed by atoms with Gasteiger partial charge in [0.15, 0.2) is 0 Å². The zero-order valence-corrected chi connectivity index (χ0v) is 14.1. The lowest BCUT2D eigenvalue weighted by Gasteiger charge is -2.35. The molecule has 20 heavy (non-hydrogen) atoms. The van der Waals surface area contributed by atoms with Gasteiger partial charge in [-0.2, -0.15) is 5.26 Å². The van der Waals surface area contributed by atoms with Crippen molar-refractivity contribution in [2.45, 2.75) is 91.0 Å². The fourth-order valence-corrected chi connectivity index (χ4v) is 3.35. The molecular formula is C17H32N2O. The lowest BCUT2D eigenvalue weighted by Crippen LogP contribution is -2.47. The van der Waals surface area contributed by atoms with Crippen molar-refractivity contribution in [3.63, 3.8) is 0 Å². The van der Waals surface area contributed by atoms with E-state index in [-0.39, 0.29) is 6.10 Å². The highest BCUT2D eigenvalue weighted by atomic mass is 16.5. The van der Waals surface area contributed by atoms with Gasteiger partial charge in [-0.1, -0.05) is 13.8 Å². The van der Waals surface area contributed by atoms with E-state index in [9.17, 15) is 5.26 Å². The second-order valence-corrected chi connectivity index (χ2v) is 7.28. The predicted molar refractivity (Wildman–Crippen MR) is 83.4 cm³/mol. The third-order valence-electron chi connectivity index (χ3n) is 4.52. The molecule has 1 aliphatic carbocycles. The molecule has 1 rings (SSSR count). The molecule has 5 atom stereocenters. The summed E-state index contributed by atoms with van der Waals surface area (Å²) in [5.41, 5.74) is -0.499. The van der Waals surface area contributed by atoms with E-state index < -0.39 is 5.54 Å². The Kier molecular flexibility index (Phi) is 6.48. The van der Waals surface area contributed by atoms with Crippen LogP contribution in [0.2, 0.25) is 0 Å². The molecule has 0 spiro atoms. The maximum absolute atomic E-state index is 9.40. The zero-order valence-electron chi connectivity index (χ0n) is 14.1. The summed E-state index contributed by atoms with van der Waals surface area (Å²) in [7, 11) is 0. The van der Waals surface area contributed by atoms with Crippen LogP contribution in [0, 0.1) is 23.2 Å². The summed E-state index contributed by atoms with van der Waals surface area (Å²) in [6.45, 7) is 12.9. The van der Waals surface area contributed by atoms with Crippen LogP contribution in [0.25, 0.3) is 0 Å². The molecule has 116 valence electrons. The lowest BCUT2D eigenvalue weighted by atomic mass is 9.80. The highest BCUT2D eigenvalue weighted by Gasteiger charge is 2.30. The van der Waals surface area contributed by atoms with Crippen molar-refractivity contribution in [1.82, 2.24) is 5.32 Å². The van der Waals surface area contributed by atoms with Crippen LogP contribution in [0.3, 0.4) is 0 Å². The van der Waals surface area contributed by atoms with Crippen LogP contribution in [0.5, 0.6) is 0 Å². The van der Waals surface area contributed by atoms with Gasteiger partial charge in [-0.3, -0.25) is 5.32 Å². The fourth-order valence-electron chi connectivity index (χ4n) is 3.35. The first-order valence-electron chi connectivity index (χ1n) is 8.10. The number of hydrogen-bond donors (Lipinski definition) is 1. The number of nitriles is 1. The van der Waals surface area contributed by atoms with E-state index >= 15 is 0 Å². The molecule has 3 nitrogen and oxygen atoms in total. The highest BCUT2D eigenvalue weighted by Crippen LogP contribution is 2.32. The molecule has 5 unspecified atom stereocenters. The Balaban J connectivity index is 2.46. The Hall–Kier alpha value is -0.590. The Morgan fingerprint density at radius 1 is 1.25 bits per heavy atom. The first-order chi connectivity index (χ1) is 9.25. The Morgan fingerprint density at radius 2 is 1.90 bits per heavy atom. The van der Waals surface area contributed by atoms with Crippen LogP contribution in [0.1, 0.15) is 67.2 Å². The number of nitrogens with zero attached hydrogens (tertiary/aromatic N) is 1. The molecule has 0 aromatic carbocycles. The highest BCUT2D eigenvalue weighted by molar-refractivity contribution is 5.05. The second kappa shape index (κ2) is 7.43. The summed E-state index contributed by atoms with van der Waals surface area (Å²) in [5, 5.41) is 12.7. The molecule has 0 aromatic heterocycles. The number of nitrogens with one attached hydrogen (secondary N) is 1. The van der Waals surface area contributed by atoms with Crippen molar-refractivity contribution >= 4 is 0 Å². The van der Waals surface area contributed by atoms with Gasteiger partial charge in [0, 0.05) is 12.5 Å². The van der Waals surface area contributed by atoms with Crippen molar-refractivity contribution in [2.24, 2.45) is 11.8 Å². The monoisotopic (exact) mass is 280 g/mol. The van der Waals surface area contributed by atoms with Crippen molar-refractivity contribution < 1.29 is 4.74 Å². The van der Waals surface area contributed by atoms with E-state index in [1.807, 2.05) is 6.92 Å². The average molecular weight is 280 g/mol. The molecule has 1 saturated carbocycles. The summed E-state index contributed by atoms with van der Waals surface area (Å²) in [6.07, 6.45) is 4.82. The van der Waals surface area contributed by atoms with Crippen LogP contribution in [-0.2, 0) is 4.74 Å². The zero-order chi connectivity index (χ0) is 15.3. The molecule has 3 heteroatoms. The van der Waals surface area contributed by atoms with Crippen LogP contribution in [0.4, 0.5) is 0 Å². The predicted octanol–water partition coefficient (Wildman–Crippen LogP) is 3.89. The largest absolute Gasteiger partial charge is 0.375 e. The molecule has 0 amide bonds. The summed E-state index contributed by atoms with van der Waals surface area (Å²) in [6, 6.07) is 2.71. The maximum atomic E-state index is 9.40. The molecule has 0 radical (unpaired) electrons. The summed E-state index contributed by atoms with van der Waals surface area (Å²) >= 11 is 0. The van der Waals surface area contributed by atoms with Gasteiger partial charge >= 0.3 is 0 Å². The van der Waals surface area contributed by atoms with Crippen LogP contribution < -0.4 is 5.32 Å². The molecule has 1 N–H and O–H groups in total. The molecular weight excluding hydrogens is 248 g/mol. The SMILES string of the molecule is CC(C)NC(C)(C#N)CC(C)OC1CCC(C)C(C)C1. The minimum atomic E-state index is -0.499. The van der Waals surface area contributed by atoms with E-state index in [0.29, 0.717) is 12.1 Å². The van der Waals surface area contributed by atoms with Crippen molar-refractivity contribution in [3.8, 4) is 6.07 Å². The van der Waals surface area contributed by atoms with E-state index in [1.165, 1.54) is 6.42 Å². The van der Waals surface area contributed by atoms with E-state index in [1.54, 1.807) is 0 Å². The van der Waals surface area contributed by atoms with Gasteiger partial charge in [-0.25, -0.2) is 0 Å². The van der Waals surface area contributed by atoms with Crippen molar-refractivity contribution in [3.05, 3.63) is 0 Å².